The molecule has 0 aliphatic heterocycles. The number of nitrogens with one attached hydrogen (secondary N) is 2. The van der Waals surface area contributed by atoms with Gasteiger partial charge >= 0.3 is 0 Å². The smallest absolute Gasteiger partial charge is 0.275 e. The number of benzene rings is 1. The minimum absolute atomic E-state index is 0.0484. The van der Waals surface area contributed by atoms with Crippen LogP contribution in [0.2, 0.25) is 0 Å². The SMILES string of the molecule is Cc1ccc(NS(=O)(=O)Cc2ccccc2)c(=O)n1CCCNc1ccc(N)nc1. The van der Waals surface area contributed by atoms with Crippen molar-refractivity contribution in [3.05, 3.63) is 82.4 Å². The molecule has 30 heavy (non-hydrogen) atoms. The molecule has 0 spiro atoms. The van der Waals surface area contributed by atoms with E-state index in [0.29, 0.717) is 30.9 Å². The van der Waals surface area contributed by atoms with Gasteiger partial charge in [-0.05, 0) is 43.2 Å². The standard InChI is InChI=1S/C21H25N5O3S/c1-16-8-10-19(25-30(28,29)15-17-6-3-2-4-7-17)21(27)26(16)13-5-12-23-18-9-11-20(22)24-14-18/h2-4,6-11,14,23,25H,5,12-13,15H2,1H3,(H2,22,24). The summed E-state index contributed by atoms with van der Waals surface area (Å²) in [7, 11) is -3.70. The summed E-state index contributed by atoms with van der Waals surface area (Å²) in [5, 5.41) is 3.22. The molecule has 0 saturated carbocycles. The molecule has 2 heterocycles. The van der Waals surface area contributed by atoms with Gasteiger partial charge in [-0.15, -0.1) is 0 Å². The first-order valence-electron chi connectivity index (χ1n) is 9.54. The fraction of sp³-hybridized carbons (Fsp3) is 0.238. The predicted octanol–water partition coefficient (Wildman–Crippen LogP) is 2.58. The molecule has 0 saturated heterocycles. The molecular formula is C21H25N5O3S. The van der Waals surface area contributed by atoms with E-state index in [9.17, 15) is 13.2 Å². The van der Waals surface area contributed by atoms with E-state index in [1.807, 2.05) is 19.1 Å². The number of nitrogens with two attached hydrogens (primary N) is 1. The van der Waals surface area contributed by atoms with Gasteiger partial charge in [0.15, 0.2) is 0 Å². The van der Waals surface area contributed by atoms with E-state index >= 15 is 0 Å². The Morgan fingerprint density at radius 2 is 1.83 bits per heavy atom. The Labute approximate surface area is 175 Å². The lowest BCUT2D eigenvalue weighted by Gasteiger charge is -2.14. The minimum atomic E-state index is -3.70. The van der Waals surface area contributed by atoms with Crippen molar-refractivity contribution in [3.63, 3.8) is 0 Å². The molecule has 0 fully saturated rings. The number of nitrogens with zero attached hydrogens (tertiary/aromatic N) is 2. The lowest BCUT2D eigenvalue weighted by atomic mass is 10.2. The topological polar surface area (TPSA) is 119 Å². The van der Waals surface area contributed by atoms with Gasteiger partial charge in [-0.25, -0.2) is 13.4 Å². The van der Waals surface area contributed by atoms with E-state index in [1.54, 1.807) is 47.2 Å². The molecule has 0 amide bonds. The first kappa shape index (κ1) is 21.4. The monoisotopic (exact) mass is 427 g/mol. The molecule has 3 rings (SSSR count). The Morgan fingerprint density at radius 3 is 2.53 bits per heavy atom. The van der Waals surface area contributed by atoms with Crippen LogP contribution in [0.4, 0.5) is 17.2 Å². The third kappa shape index (κ3) is 5.84. The maximum atomic E-state index is 12.8. The van der Waals surface area contributed by atoms with Crippen LogP contribution in [-0.2, 0) is 22.3 Å². The first-order valence-corrected chi connectivity index (χ1v) is 11.2. The zero-order chi connectivity index (χ0) is 21.6. The van der Waals surface area contributed by atoms with Crippen molar-refractivity contribution in [2.24, 2.45) is 0 Å². The van der Waals surface area contributed by atoms with Crippen LogP contribution < -0.4 is 21.3 Å². The number of nitrogen functional groups attached to an aromatic ring is 1. The van der Waals surface area contributed by atoms with Crippen molar-refractivity contribution in [2.45, 2.75) is 25.6 Å². The average molecular weight is 428 g/mol. The maximum absolute atomic E-state index is 12.8. The van der Waals surface area contributed by atoms with Crippen LogP contribution in [0.3, 0.4) is 0 Å². The van der Waals surface area contributed by atoms with Crippen molar-refractivity contribution in [1.82, 2.24) is 9.55 Å². The Hall–Kier alpha value is -3.33. The lowest BCUT2D eigenvalue weighted by molar-refractivity contribution is 0.599. The van der Waals surface area contributed by atoms with Crippen LogP contribution in [0.25, 0.3) is 0 Å². The van der Waals surface area contributed by atoms with E-state index in [1.165, 1.54) is 6.07 Å². The molecule has 0 aliphatic rings. The summed E-state index contributed by atoms with van der Waals surface area (Å²) in [5.74, 6) is 0.259. The number of aryl methyl sites for hydroxylation is 1. The maximum Gasteiger partial charge on any atom is 0.275 e. The number of rotatable bonds is 9. The summed E-state index contributed by atoms with van der Waals surface area (Å²) < 4.78 is 28.9. The summed E-state index contributed by atoms with van der Waals surface area (Å²) >= 11 is 0. The van der Waals surface area contributed by atoms with Crippen molar-refractivity contribution in [3.8, 4) is 0 Å². The van der Waals surface area contributed by atoms with E-state index in [-0.39, 0.29) is 17.0 Å². The summed E-state index contributed by atoms with van der Waals surface area (Å²) in [5.41, 5.74) is 7.51. The molecule has 0 atom stereocenters. The van der Waals surface area contributed by atoms with Gasteiger partial charge in [0.2, 0.25) is 10.0 Å². The third-order valence-corrected chi connectivity index (χ3v) is 5.78. The van der Waals surface area contributed by atoms with Crippen LogP contribution in [0.1, 0.15) is 17.7 Å². The molecule has 0 radical (unpaired) electrons. The van der Waals surface area contributed by atoms with Gasteiger partial charge < -0.3 is 15.6 Å². The molecule has 4 N–H and O–H groups in total. The highest BCUT2D eigenvalue weighted by Gasteiger charge is 2.15. The van der Waals surface area contributed by atoms with Gasteiger partial charge in [-0.3, -0.25) is 9.52 Å². The molecular weight excluding hydrogens is 402 g/mol. The van der Waals surface area contributed by atoms with Crippen molar-refractivity contribution in [1.29, 1.82) is 0 Å². The molecule has 0 aliphatic carbocycles. The molecule has 9 heteroatoms. The molecule has 158 valence electrons. The second-order valence-electron chi connectivity index (χ2n) is 6.94. The molecule has 0 bridgehead atoms. The molecule has 8 nitrogen and oxygen atoms in total. The van der Waals surface area contributed by atoms with Gasteiger partial charge in [0.25, 0.3) is 5.56 Å². The minimum Gasteiger partial charge on any atom is -0.384 e. The van der Waals surface area contributed by atoms with Gasteiger partial charge in [0, 0.05) is 18.8 Å². The zero-order valence-corrected chi connectivity index (χ0v) is 17.5. The van der Waals surface area contributed by atoms with Gasteiger partial charge in [0.1, 0.15) is 11.5 Å². The Bertz CT molecular complexity index is 1140. The molecule has 2 aromatic heterocycles. The molecule has 0 unspecified atom stereocenters. The fourth-order valence-electron chi connectivity index (χ4n) is 3.00. The van der Waals surface area contributed by atoms with Gasteiger partial charge in [0.05, 0.1) is 17.6 Å². The number of pyridine rings is 2. The van der Waals surface area contributed by atoms with Crippen LogP contribution in [0, 0.1) is 6.92 Å². The van der Waals surface area contributed by atoms with E-state index in [0.717, 1.165) is 11.4 Å². The second-order valence-corrected chi connectivity index (χ2v) is 8.67. The van der Waals surface area contributed by atoms with Crippen LogP contribution in [0.15, 0.2) is 65.6 Å². The number of sulfonamides is 1. The number of hydrogen-bond donors (Lipinski definition) is 3. The number of hydrogen-bond acceptors (Lipinski definition) is 6. The van der Waals surface area contributed by atoms with Gasteiger partial charge in [-0.2, -0.15) is 0 Å². The quantitative estimate of drug-likeness (QED) is 0.452. The predicted molar refractivity (Wildman–Crippen MR) is 120 cm³/mol. The Balaban J connectivity index is 1.64. The van der Waals surface area contributed by atoms with Crippen LogP contribution in [-0.4, -0.2) is 24.5 Å². The highest BCUT2D eigenvalue weighted by molar-refractivity contribution is 7.91. The summed E-state index contributed by atoms with van der Waals surface area (Å²) in [4.78, 5) is 16.8. The average Bonchev–Trinajstić information content (AvgIpc) is 2.71. The van der Waals surface area contributed by atoms with E-state index in [2.05, 4.69) is 15.0 Å². The van der Waals surface area contributed by atoms with E-state index < -0.39 is 10.0 Å². The van der Waals surface area contributed by atoms with Crippen LogP contribution in [0.5, 0.6) is 0 Å². The third-order valence-electron chi connectivity index (χ3n) is 4.53. The number of anilines is 3. The van der Waals surface area contributed by atoms with Crippen LogP contribution >= 0.6 is 0 Å². The molecule has 1 aromatic carbocycles. The highest BCUT2D eigenvalue weighted by atomic mass is 32.2. The zero-order valence-electron chi connectivity index (χ0n) is 16.7. The number of aromatic nitrogens is 2. The highest BCUT2D eigenvalue weighted by Crippen LogP contribution is 2.11. The summed E-state index contributed by atoms with van der Waals surface area (Å²) in [6.45, 7) is 2.90. The second kappa shape index (κ2) is 9.45. The Kier molecular flexibility index (Phi) is 6.73. The van der Waals surface area contributed by atoms with Gasteiger partial charge in [-0.1, -0.05) is 30.3 Å². The lowest BCUT2D eigenvalue weighted by Crippen LogP contribution is -2.28. The largest absolute Gasteiger partial charge is 0.384 e. The van der Waals surface area contributed by atoms with Crippen molar-refractivity contribution < 1.29 is 8.42 Å². The normalized spacial score (nSPS) is 11.2. The van der Waals surface area contributed by atoms with Crippen molar-refractivity contribution >= 4 is 27.2 Å². The summed E-state index contributed by atoms with van der Waals surface area (Å²) in [6, 6.07) is 15.6. The first-order chi connectivity index (χ1) is 14.3. The Morgan fingerprint density at radius 1 is 1.07 bits per heavy atom. The van der Waals surface area contributed by atoms with E-state index in [4.69, 9.17) is 5.73 Å². The summed E-state index contributed by atoms with van der Waals surface area (Å²) in [6.07, 6.45) is 2.32. The fourth-order valence-corrected chi connectivity index (χ4v) is 4.20. The molecule has 3 aromatic rings. The van der Waals surface area contributed by atoms with Crippen molar-refractivity contribution in [2.75, 3.05) is 22.3 Å².